The monoisotopic (exact) mass is 954 g/mol. The van der Waals surface area contributed by atoms with E-state index in [4.69, 9.17) is 8.83 Å². The van der Waals surface area contributed by atoms with Crippen molar-refractivity contribution >= 4 is 173 Å². The van der Waals surface area contributed by atoms with Gasteiger partial charge in [-0.1, -0.05) is 158 Å². The fourth-order valence-corrected chi connectivity index (χ4v) is 14.2. The van der Waals surface area contributed by atoms with Crippen molar-refractivity contribution in [3.05, 3.63) is 231 Å². The van der Waals surface area contributed by atoms with Crippen LogP contribution in [0.5, 0.6) is 0 Å². The van der Waals surface area contributed by atoms with Gasteiger partial charge in [0.2, 0.25) is 0 Å². The standard InChI is InChI=1S/C66H38N2O2S2/c1-3-15-39(16-4-1)67(55-37-59-63(47-21-9-7-19-43(47)55)53-23-11-13-25-57(53)69-59)41-27-29-45-49-31-33-52-51(65(49)71-61(45)35-41)34-32-50-46-30-28-42(36-62(46)72-66(50)52)68(40-17-5-2-6-18-40)56-38-60-64(48-22-10-8-20-44(48)56)54-24-12-14-26-58(54)70-60/h1-38H. The van der Waals surface area contributed by atoms with Crippen molar-refractivity contribution in [3.63, 3.8) is 0 Å². The molecular weight excluding hydrogens is 917 g/mol. The summed E-state index contributed by atoms with van der Waals surface area (Å²) in [6.07, 6.45) is 0. The van der Waals surface area contributed by atoms with Crippen LogP contribution in [0.4, 0.5) is 34.1 Å². The van der Waals surface area contributed by atoms with E-state index in [0.717, 1.165) is 78.0 Å². The van der Waals surface area contributed by atoms with Gasteiger partial charge in [0.1, 0.15) is 22.3 Å². The van der Waals surface area contributed by atoms with Crippen molar-refractivity contribution in [1.82, 2.24) is 0 Å². The van der Waals surface area contributed by atoms with Crippen LogP contribution in [0.2, 0.25) is 0 Å². The molecule has 4 heterocycles. The van der Waals surface area contributed by atoms with Gasteiger partial charge in [0.25, 0.3) is 0 Å². The number of benzene rings is 12. The molecular formula is C66H38N2O2S2. The summed E-state index contributed by atoms with van der Waals surface area (Å²) >= 11 is 3.77. The smallest absolute Gasteiger partial charge is 0.138 e. The third-order valence-corrected chi connectivity index (χ3v) is 17.2. The Balaban J connectivity index is 0.847. The van der Waals surface area contributed by atoms with Crippen molar-refractivity contribution in [1.29, 1.82) is 0 Å². The Kier molecular flexibility index (Phi) is 8.46. The molecule has 0 bridgehead atoms. The van der Waals surface area contributed by atoms with Gasteiger partial charge in [-0.05, 0) is 71.4 Å². The molecule has 12 aromatic carbocycles. The largest absolute Gasteiger partial charge is 0.456 e. The quantitative estimate of drug-likeness (QED) is 0.166. The number of para-hydroxylation sites is 4. The van der Waals surface area contributed by atoms with E-state index in [0.29, 0.717) is 0 Å². The molecule has 0 radical (unpaired) electrons. The van der Waals surface area contributed by atoms with E-state index in [1.54, 1.807) is 0 Å². The maximum Gasteiger partial charge on any atom is 0.138 e. The summed E-state index contributed by atoms with van der Waals surface area (Å²) in [5.74, 6) is 0. The molecule has 16 rings (SSSR count). The Morgan fingerprint density at radius 2 is 0.597 bits per heavy atom. The Hall–Kier alpha value is -8.94. The average Bonchev–Trinajstić information content (AvgIpc) is 4.22. The molecule has 0 N–H and O–H groups in total. The van der Waals surface area contributed by atoms with Crippen LogP contribution < -0.4 is 9.80 Å². The number of thiophene rings is 2. The van der Waals surface area contributed by atoms with E-state index >= 15 is 0 Å². The maximum atomic E-state index is 6.58. The summed E-state index contributed by atoms with van der Waals surface area (Å²) in [6, 6.07) is 83.5. The van der Waals surface area contributed by atoms with E-state index in [2.05, 4.69) is 228 Å². The number of furan rings is 2. The highest BCUT2D eigenvalue weighted by Gasteiger charge is 2.24. The molecule has 0 aliphatic carbocycles. The van der Waals surface area contributed by atoms with Gasteiger partial charge in [0.05, 0.1) is 11.4 Å². The van der Waals surface area contributed by atoms with Crippen molar-refractivity contribution in [2.45, 2.75) is 0 Å². The van der Waals surface area contributed by atoms with E-state index < -0.39 is 0 Å². The highest BCUT2D eigenvalue weighted by Crippen LogP contribution is 2.50. The summed E-state index contributed by atoms with van der Waals surface area (Å²) in [7, 11) is 0. The van der Waals surface area contributed by atoms with Crippen LogP contribution in [-0.2, 0) is 0 Å². The zero-order valence-electron chi connectivity index (χ0n) is 38.5. The summed E-state index contributed by atoms with van der Waals surface area (Å²) in [5, 5.41) is 16.9. The van der Waals surface area contributed by atoms with Gasteiger partial charge in [-0.3, -0.25) is 0 Å². The van der Waals surface area contributed by atoms with Gasteiger partial charge in [0, 0.05) is 118 Å². The zero-order valence-corrected chi connectivity index (χ0v) is 40.1. The number of rotatable bonds is 6. The van der Waals surface area contributed by atoms with Gasteiger partial charge in [-0.25, -0.2) is 0 Å². The summed E-state index contributed by atoms with van der Waals surface area (Å²) in [4.78, 5) is 4.79. The Morgan fingerprint density at radius 3 is 1.03 bits per heavy atom. The van der Waals surface area contributed by atoms with Crippen LogP contribution in [-0.4, -0.2) is 0 Å². The molecule has 0 aliphatic rings. The highest BCUT2D eigenvalue weighted by molar-refractivity contribution is 7.28. The highest BCUT2D eigenvalue weighted by atomic mass is 32.1. The molecule has 0 saturated heterocycles. The molecule has 4 nitrogen and oxygen atoms in total. The maximum absolute atomic E-state index is 6.58. The molecule has 0 unspecified atom stereocenters. The minimum atomic E-state index is 0.881. The summed E-state index contributed by atoms with van der Waals surface area (Å²) in [5.41, 5.74) is 10.1. The lowest BCUT2D eigenvalue weighted by Crippen LogP contribution is -2.10. The van der Waals surface area contributed by atoms with Crippen LogP contribution in [0.25, 0.3) is 117 Å². The van der Waals surface area contributed by atoms with Gasteiger partial charge < -0.3 is 18.6 Å². The van der Waals surface area contributed by atoms with Gasteiger partial charge in [-0.2, -0.15) is 0 Å². The second-order valence-electron chi connectivity index (χ2n) is 18.7. The Morgan fingerprint density at radius 1 is 0.250 bits per heavy atom. The fourth-order valence-electron chi connectivity index (χ4n) is 11.6. The lowest BCUT2D eigenvalue weighted by Gasteiger charge is -2.27. The van der Waals surface area contributed by atoms with E-state index in [1.807, 2.05) is 34.8 Å². The molecule has 0 amide bonds. The second-order valence-corrected chi connectivity index (χ2v) is 20.8. The van der Waals surface area contributed by atoms with Crippen molar-refractivity contribution in [3.8, 4) is 0 Å². The first kappa shape index (κ1) is 39.9. The van der Waals surface area contributed by atoms with Gasteiger partial charge in [0.15, 0.2) is 0 Å². The molecule has 336 valence electrons. The molecule has 4 aromatic heterocycles. The predicted molar refractivity (Wildman–Crippen MR) is 309 cm³/mol. The lowest BCUT2D eigenvalue weighted by molar-refractivity contribution is 0.669. The van der Waals surface area contributed by atoms with Crippen LogP contribution in [0.3, 0.4) is 0 Å². The van der Waals surface area contributed by atoms with Gasteiger partial charge >= 0.3 is 0 Å². The minimum Gasteiger partial charge on any atom is -0.456 e. The number of hydrogen-bond donors (Lipinski definition) is 0. The molecule has 6 heteroatoms. The molecule has 0 atom stereocenters. The predicted octanol–water partition coefficient (Wildman–Crippen LogP) is 20.6. The number of hydrogen-bond acceptors (Lipinski definition) is 6. The number of nitrogens with zero attached hydrogens (tertiary/aromatic N) is 2. The van der Waals surface area contributed by atoms with Crippen molar-refractivity contribution in [2.24, 2.45) is 0 Å². The van der Waals surface area contributed by atoms with E-state index in [1.165, 1.54) is 72.7 Å². The fraction of sp³-hybridized carbons (Fsp3) is 0. The van der Waals surface area contributed by atoms with E-state index in [9.17, 15) is 0 Å². The van der Waals surface area contributed by atoms with E-state index in [-0.39, 0.29) is 0 Å². The molecule has 0 saturated carbocycles. The first-order valence-electron chi connectivity index (χ1n) is 24.3. The number of anilines is 6. The lowest BCUT2D eigenvalue weighted by atomic mass is 10.0. The topological polar surface area (TPSA) is 32.8 Å². The van der Waals surface area contributed by atoms with Crippen LogP contribution in [0.15, 0.2) is 239 Å². The molecule has 72 heavy (non-hydrogen) atoms. The van der Waals surface area contributed by atoms with Gasteiger partial charge in [-0.15, -0.1) is 22.7 Å². The first-order chi connectivity index (χ1) is 35.7. The van der Waals surface area contributed by atoms with Crippen molar-refractivity contribution < 1.29 is 8.83 Å². The molecule has 16 aromatic rings. The zero-order chi connectivity index (χ0) is 47.0. The SMILES string of the molecule is c1ccc(N(c2ccc3c(c2)sc2c3ccc3c2ccc2c4ccc(N(c5ccccc5)c5cc6oc7ccccc7c6c6ccccc56)cc4sc23)c2cc3oc4ccccc4c3c3ccccc23)cc1. The molecule has 0 spiro atoms. The summed E-state index contributed by atoms with van der Waals surface area (Å²) < 4.78 is 18.3. The number of fused-ring (bicyclic) bond motifs is 19. The molecule has 0 fully saturated rings. The minimum absolute atomic E-state index is 0.881. The molecule has 0 aliphatic heterocycles. The summed E-state index contributed by atoms with van der Waals surface area (Å²) in [6.45, 7) is 0. The average molecular weight is 955 g/mol. The third kappa shape index (κ3) is 5.79. The Labute approximate surface area is 420 Å². The first-order valence-corrected chi connectivity index (χ1v) is 25.9. The van der Waals surface area contributed by atoms with Crippen LogP contribution >= 0.6 is 22.7 Å². The third-order valence-electron chi connectivity index (χ3n) is 14.8. The normalized spacial score (nSPS) is 12.2. The second kappa shape index (κ2) is 15.3. The Bertz CT molecular complexity index is 4580. The van der Waals surface area contributed by atoms with Crippen molar-refractivity contribution in [2.75, 3.05) is 9.80 Å². The van der Waals surface area contributed by atoms with Crippen LogP contribution in [0.1, 0.15) is 0 Å². The van der Waals surface area contributed by atoms with Crippen LogP contribution in [0, 0.1) is 0 Å².